The van der Waals surface area contributed by atoms with Crippen LogP contribution in [0.2, 0.25) is 0 Å². The van der Waals surface area contributed by atoms with Crippen LogP contribution >= 0.6 is 0 Å². The van der Waals surface area contributed by atoms with Crippen LogP contribution in [0.1, 0.15) is 5.56 Å². The number of piperazine rings is 1. The number of hydrogen-bond donors (Lipinski definition) is 1. The molecule has 0 amide bonds. The summed E-state index contributed by atoms with van der Waals surface area (Å²) >= 11 is 0. The number of anilines is 1. The lowest BCUT2D eigenvalue weighted by Crippen LogP contribution is -2.46. The SMILES string of the molecule is Oc1ccc(CCN2CCN(c3ccccc3)CC2)cc1. The van der Waals surface area contributed by atoms with Crippen LogP contribution in [0.15, 0.2) is 54.6 Å². The maximum atomic E-state index is 9.30. The van der Waals surface area contributed by atoms with E-state index >= 15 is 0 Å². The molecule has 3 heteroatoms. The minimum Gasteiger partial charge on any atom is -0.508 e. The fourth-order valence-electron chi connectivity index (χ4n) is 2.82. The first kappa shape index (κ1) is 14.0. The zero-order chi connectivity index (χ0) is 14.5. The Morgan fingerprint density at radius 3 is 2.14 bits per heavy atom. The molecule has 2 aromatic rings. The maximum Gasteiger partial charge on any atom is 0.115 e. The summed E-state index contributed by atoms with van der Waals surface area (Å²) in [6.07, 6.45) is 1.05. The smallest absolute Gasteiger partial charge is 0.115 e. The number of phenols is 1. The van der Waals surface area contributed by atoms with Crippen molar-refractivity contribution in [1.29, 1.82) is 0 Å². The third-order valence-electron chi connectivity index (χ3n) is 4.15. The van der Waals surface area contributed by atoms with Gasteiger partial charge in [0.05, 0.1) is 0 Å². The van der Waals surface area contributed by atoms with Crippen LogP contribution in [0.5, 0.6) is 5.75 Å². The van der Waals surface area contributed by atoms with Gasteiger partial charge in [-0.1, -0.05) is 30.3 Å². The molecular formula is C18H22N2O. The minimum absolute atomic E-state index is 0.343. The normalized spacial score (nSPS) is 16.1. The van der Waals surface area contributed by atoms with Crippen molar-refractivity contribution >= 4 is 5.69 Å². The Bertz CT molecular complexity index is 545. The van der Waals surface area contributed by atoms with Crippen molar-refractivity contribution < 1.29 is 5.11 Å². The van der Waals surface area contributed by atoms with Gasteiger partial charge < -0.3 is 10.0 Å². The molecule has 0 unspecified atom stereocenters. The van der Waals surface area contributed by atoms with E-state index in [0.29, 0.717) is 5.75 Å². The zero-order valence-electron chi connectivity index (χ0n) is 12.3. The molecule has 0 saturated carbocycles. The number of nitrogens with zero attached hydrogens (tertiary/aromatic N) is 2. The second-order valence-corrected chi connectivity index (χ2v) is 5.58. The fraction of sp³-hybridized carbons (Fsp3) is 0.333. The van der Waals surface area contributed by atoms with Crippen molar-refractivity contribution in [3.05, 3.63) is 60.2 Å². The number of aromatic hydroxyl groups is 1. The molecule has 1 N–H and O–H groups in total. The van der Waals surface area contributed by atoms with E-state index in [9.17, 15) is 5.11 Å². The molecule has 2 aromatic carbocycles. The van der Waals surface area contributed by atoms with E-state index in [1.54, 1.807) is 12.1 Å². The van der Waals surface area contributed by atoms with Crippen molar-refractivity contribution in [2.75, 3.05) is 37.6 Å². The zero-order valence-corrected chi connectivity index (χ0v) is 12.3. The minimum atomic E-state index is 0.343. The Balaban J connectivity index is 1.47. The molecule has 1 fully saturated rings. The van der Waals surface area contributed by atoms with Crippen LogP contribution in [-0.2, 0) is 6.42 Å². The van der Waals surface area contributed by atoms with E-state index in [1.807, 2.05) is 12.1 Å². The van der Waals surface area contributed by atoms with Crippen molar-refractivity contribution in [2.45, 2.75) is 6.42 Å². The second-order valence-electron chi connectivity index (χ2n) is 5.58. The highest BCUT2D eigenvalue weighted by atomic mass is 16.3. The number of benzene rings is 2. The fourth-order valence-corrected chi connectivity index (χ4v) is 2.82. The van der Waals surface area contributed by atoms with Gasteiger partial charge >= 0.3 is 0 Å². The quantitative estimate of drug-likeness (QED) is 0.934. The summed E-state index contributed by atoms with van der Waals surface area (Å²) in [6, 6.07) is 18.2. The molecule has 0 spiro atoms. The van der Waals surface area contributed by atoms with Crippen LogP contribution in [-0.4, -0.2) is 42.7 Å². The number of rotatable bonds is 4. The Kier molecular flexibility index (Phi) is 4.41. The van der Waals surface area contributed by atoms with Gasteiger partial charge in [0.1, 0.15) is 5.75 Å². The van der Waals surface area contributed by atoms with E-state index in [0.717, 1.165) is 39.1 Å². The van der Waals surface area contributed by atoms with Crippen molar-refractivity contribution in [2.24, 2.45) is 0 Å². The van der Waals surface area contributed by atoms with Gasteiger partial charge in [-0.2, -0.15) is 0 Å². The predicted molar refractivity (Wildman–Crippen MR) is 86.9 cm³/mol. The lowest BCUT2D eigenvalue weighted by Gasteiger charge is -2.36. The van der Waals surface area contributed by atoms with Crippen LogP contribution < -0.4 is 4.90 Å². The second kappa shape index (κ2) is 6.64. The monoisotopic (exact) mass is 282 g/mol. The van der Waals surface area contributed by atoms with Gasteiger partial charge in [0.15, 0.2) is 0 Å². The molecule has 1 aliphatic rings. The lowest BCUT2D eigenvalue weighted by molar-refractivity contribution is 0.261. The highest BCUT2D eigenvalue weighted by Crippen LogP contribution is 2.16. The summed E-state index contributed by atoms with van der Waals surface area (Å²) in [6.45, 7) is 5.52. The third-order valence-corrected chi connectivity index (χ3v) is 4.15. The van der Waals surface area contributed by atoms with Gasteiger partial charge in [0.25, 0.3) is 0 Å². The Morgan fingerprint density at radius 1 is 0.810 bits per heavy atom. The number of hydrogen-bond acceptors (Lipinski definition) is 3. The van der Waals surface area contributed by atoms with Gasteiger partial charge in [-0.05, 0) is 36.2 Å². The summed E-state index contributed by atoms with van der Waals surface area (Å²) in [4.78, 5) is 4.98. The number of phenolic OH excluding ortho intramolecular Hbond substituents is 1. The Morgan fingerprint density at radius 2 is 1.48 bits per heavy atom. The predicted octanol–water partition coefficient (Wildman–Crippen LogP) is 2.76. The van der Waals surface area contributed by atoms with E-state index in [4.69, 9.17) is 0 Å². The van der Waals surface area contributed by atoms with Gasteiger partial charge in [0.2, 0.25) is 0 Å². The van der Waals surface area contributed by atoms with E-state index < -0.39 is 0 Å². The standard InChI is InChI=1S/C18H22N2O/c21-18-8-6-16(7-9-18)10-11-19-12-14-20(15-13-19)17-4-2-1-3-5-17/h1-9,21H,10-15H2. The Labute approximate surface area is 126 Å². The summed E-state index contributed by atoms with van der Waals surface area (Å²) in [5, 5.41) is 9.30. The van der Waals surface area contributed by atoms with Crippen molar-refractivity contribution in [3.8, 4) is 5.75 Å². The lowest BCUT2D eigenvalue weighted by atomic mass is 10.1. The van der Waals surface area contributed by atoms with E-state index in [-0.39, 0.29) is 0 Å². The van der Waals surface area contributed by atoms with Crippen LogP contribution in [0, 0.1) is 0 Å². The molecule has 0 atom stereocenters. The van der Waals surface area contributed by atoms with Gasteiger partial charge in [-0.3, -0.25) is 4.90 Å². The van der Waals surface area contributed by atoms with Gasteiger partial charge in [0, 0.05) is 38.4 Å². The molecule has 3 rings (SSSR count). The summed E-state index contributed by atoms with van der Waals surface area (Å²) in [5.41, 5.74) is 2.62. The van der Waals surface area contributed by atoms with Crippen LogP contribution in [0.25, 0.3) is 0 Å². The first-order valence-electron chi connectivity index (χ1n) is 7.61. The summed E-state index contributed by atoms with van der Waals surface area (Å²) in [7, 11) is 0. The maximum absolute atomic E-state index is 9.30. The number of para-hydroxylation sites is 1. The molecular weight excluding hydrogens is 260 g/mol. The third kappa shape index (κ3) is 3.76. The Hall–Kier alpha value is -2.00. The molecule has 1 aliphatic heterocycles. The molecule has 0 aliphatic carbocycles. The molecule has 1 saturated heterocycles. The van der Waals surface area contributed by atoms with E-state index in [1.165, 1.54) is 11.3 Å². The van der Waals surface area contributed by atoms with Gasteiger partial charge in [-0.25, -0.2) is 0 Å². The van der Waals surface area contributed by atoms with Crippen LogP contribution in [0.4, 0.5) is 5.69 Å². The topological polar surface area (TPSA) is 26.7 Å². The molecule has 0 radical (unpaired) electrons. The van der Waals surface area contributed by atoms with Crippen molar-refractivity contribution in [3.63, 3.8) is 0 Å². The van der Waals surface area contributed by atoms with E-state index in [2.05, 4.69) is 40.1 Å². The first-order valence-corrected chi connectivity index (χ1v) is 7.61. The van der Waals surface area contributed by atoms with Gasteiger partial charge in [-0.15, -0.1) is 0 Å². The molecule has 3 nitrogen and oxygen atoms in total. The highest BCUT2D eigenvalue weighted by Gasteiger charge is 2.16. The molecule has 1 heterocycles. The van der Waals surface area contributed by atoms with Crippen LogP contribution in [0.3, 0.4) is 0 Å². The molecule has 21 heavy (non-hydrogen) atoms. The molecule has 0 aromatic heterocycles. The highest BCUT2D eigenvalue weighted by molar-refractivity contribution is 5.46. The summed E-state index contributed by atoms with van der Waals surface area (Å²) < 4.78 is 0. The largest absolute Gasteiger partial charge is 0.508 e. The van der Waals surface area contributed by atoms with Crippen molar-refractivity contribution in [1.82, 2.24) is 4.90 Å². The average molecular weight is 282 g/mol. The molecule has 110 valence electrons. The molecule has 0 bridgehead atoms. The summed E-state index contributed by atoms with van der Waals surface area (Å²) in [5.74, 6) is 0.343. The average Bonchev–Trinajstić information content (AvgIpc) is 2.56. The first-order chi connectivity index (χ1) is 10.3.